The summed E-state index contributed by atoms with van der Waals surface area (Å²) in [4.78, 5) is 0. The number of nitrogen functional groups attached to an aromatic ring is 1. The first-order chi connectivity index (χ1) is 7.77. The molecule has 0 radical (unpaired) electrons. The quantitative estimate of drug-likeness (QED) is 0.376. The third kappa shape index (κ3) is 3.55. The monoisotopic (exact) mass is 214 g/mol. The van der Waals surface area contributed by atoms with Crippen LogP contribution >= 0.6 is 0 Å². The molecule has 0 saturated heterocycles. The van der Waals surface area contributed by atoms with Crippen molar-refractivity contribution >= 4 is 11.4 Å². The Morgan fingerprint density at radius 2 is 1.56 bits per heavy atom. The fourth-order valence-electron chi connectivity index (χ4n) is 1.11. The molecular formula is C12H14N4. The van der Waals surface area contributed by atoms with Gasteiger partial charge in [-0.3, -0.25) is 0 Å². The summed E-state index contributed by atoms with van der Waals surface area (Å²) in [5.74, 6) is 4.97. The molecule has 0 saturated carbocycles. The summed E-state index contributed by atoms with van der Waals surface area (Å²) >= 11 is 0. The highest BCUT2D eigenvalue weighted by atomic mass is 15.7. The van der Waals surface area contributed by atoms with Gasteiger partial charge in [-0.05, 0) is 24.3 Å². The van der Waals surface area contributed by atoms with E-state index in [2.05, 4.69) is 22.7 Å². The Balaban J connectivity index is 2.71. The molecule has 0 fully saturated rings. The zero-order valence-corrected chi connectivity index (χ0v) is 8.90. The van der Waals surface area contributed by atoms with E-state index in [4.69, 9.17) is 18.6 Å². The van der Waals surface area contributed by atoms with E-state index in [0.29, 0.717) is 18.8 Å². The largest absolute Gasteiger partial charge is 0.399 e. The molecule has 4 N–H and O–H groups in total. The van der Waals surface area contributed by atoms with Crippen LogP contribution in [0.2, 0.25) is 0 Å². The van der Waals surface area contributed by atoms with Crippen molar-refractivity contribution in [1.82, 2.24) is 10.9 Å². The van der Waals surface area contributed by atoms with Crippen LogP contribution in [0, 0.1) is 24.7 Å². The Bertz CT molecular complexity index is 379. The van der Waals surface area contributed by atoms with Crippen LogP contribution in [0.15, 0.2) is 24.3 Å². The maximum Gasteiger partial charge on any atom is 0.0774 e. The molecule has 0 aliphatic rings. The molecule has 0 aliphatic heterocycles. The van der Waals surface area contributed by atoms with E-state index in [0.717, 1.165) is 5.69 Å². The minimum Gasteiger partial charge on any atom is -0.399 e. The van der Waals surface area contributed by atoms with Gasteiger partial charge in [0.2, 0.25) is 0 Å². The lowest BCUT2D eigenvalue weighted by atomic mass is 10.3. The van der Waals surface area contributed by atoms with Crippen LogP contribution in [0.4, 0.5) is 11.4 Å². The average Bonchev–Trinajstić information content (AvgIpc) is 2.31. The number of rotatable bonds is 5. The Morgan fingerprint density at radius 1 is 1.06 bits per heavy atom. The molecule has 1 rings (SSSR count). The number of benzene rings is 1. The van der Waals surface area contributed by atoms with Crippen molar-refractivity contribution in [2.24, 2.45) is 0 Å². The SMILES string of the molecule is C#CCNN(NCC#C)c1ccc(N)cc1. The summed E-state index contributed by atoms with van der Waals surface area (Å²) < 4.78 is 0. The van der Waals surface area contributed by atoms with Crippen molar-refractivity contribution in [2.75, 3.05) is 23.9 Å². The molecule has 0 aromatic heterocycles. The molecule has 4 heteroatoms. The van der Waals surface area contributed by atoms with Crippen molar-refractivity contribution < 1.29 is 0 Å². The summed E-state index contributed by atoms with van der Waals surface area (Å²) in [7, 11) is 0. The van der Waals surface area contributed by atoms with Gasteiger partial charge in [-0.2, -0.15) is 0 Å². The maximum absolute atomic E-state index is 5.60. The lowest BCUT2D eigenvalue weighted by Gasteiger charge is -2.24. The molecule has 0 heterocycles. The van der Waals surface area contributed by atoms with Crippen LogP contribution in [-0.2, 0) is 0 Å². The van der Waals surface area contributed by atoms with E-state index < -0.39 is 0 Å². The molecule has 0 atom stereocenters. The van der Waals surface area contributed by atoms with Crippen molar-refractivity contribution in [2.45, 2.75) is 0 Å². The molecule has 4 nitrogen and oxygen atoms in total. The topological polar surface area (TPSA) is 53.3 Å². The second kappa shape index (κ2) is 6.36. The standard InChI is InChI=1S/C12H14N4/c1-3-9-14-16(15-10-4-2)12-7-5-11(13)6-8-12/h1-2,5-8,14-15H,9-10,13H2. The molecule has 0 spiro atoms. The fraction of sp³-hybridized carbons (Fsp3) is 0.167. The Hall–Kier alpha value is -2.14. The number of terminal acetylenes is 2. The number of hydrazine groups is 2. The van der Waals surface area contributed by atoms with Gasteiger partial charge in [-0.1, -0.05) is 11.8 Å². The number of hydrogen-bond donors (Lipinski definition) is 3. The molecule has 0 aliphatic carbocycles. The summed E-state index contributed by atoms with van der Waals surface area (Å²) in [6, 6.07) is 7.33. The minimum atomic E-state index is 0.405. The van der Waals surface area contributed by atoms with Gasteiger partial charge >= 0.3 is 0 Å². The Labute approximate surface area is 95.8 Å². The first kappa shape index (κ1) is 11.9. The number of nitrogens with zero attached hydrogens (tertiary/aromatic N) is 1. The van der Waals surface area contributed by atoms with Crippen molar-refractivity contribution in [3.63, 3.8) is 0 Å². The number of anilines is 2. The van der Waals surface area contributed by atoms with Crippen molar-refractivity contribution in [3.05, 3.63) is 24.3 Å². The average molecular weight is 214 g/mol. The number of nitrogens with two attached hydrogens (primary N) is 1. The van der Waals surface area contributed by atoms with E-state index in [1.54, 1.807) is 17.3 Å². The second-order valence-electron chi connectivity index (χ2n) is 3.00. The summed E-state index contributed by atoms with van der Waals surface area (Å²) in [5.41, 5.74) is 13.2. The Morgan fingerprint density at radius 3 is 2.00 bits per heavy atom. The molecule has 0 amide bonds. The van der Waals surface area contributed by atoms with Gasteiger partial charge in [-0.25, -0.2) is 16.0 Å². The molecule has 82 valence electrons. The van der Waals surface area contributed by atoms with Gasteiger partial charge in [0.05, 0.1) is 18.8 Å². The van der Waals surface area contributed by atoms with Crippen LogP contribution in [0.5, 0.6) is 0 Å². The van der Waals surface area contributed by atoms with Gasteiger partial charge in [0.15, 0.2) is 0 Å². The van der Waals surface area contributed by atoms with Crippen LogP contribution in [0.25, 0.3) is 0 Å². The molecule has 16 heavy (non-hydrogen) atoms. The normalized spacial score (nSPS) is 9.12. The Kier molecular flexibility index (Phi) is 4.75. The lowest BCUT2D eigenvalue weighted by molar-refractivity contribution is 0.583. The number of hydrogen-bond acceptors (Lipinski definition) is 4. The predicted molar refractivity (Wildman–Crippen MR) is 67.0 cm³/mol. The number of nitrogens with one attached hydrogen (secondary N) is 2. The van der Waals surface area contributed by atoms with Crippen LogP contribution < -0.4 is 21.7 Å². The summed E-state index contributed by atoms with van der Waals surface area (Å²) in [5, 5.41) is 1.68. The zero-order chi connectivity index (χ0) is 11.8. The first-order valence-electron chi connectivity index (χ1n) is 4.77. The zero-order valence-electron chi connectivity index (χ0n) is 8.90. The summed E-state index contributed by atoms with van der Waals surface area (Å²) in [6.45, 7) is 0.809. The molecule has 1 aromatic carbocycles. The first-order valence-corrected chi connectivity index (χ1v) is 4.77. The van der Waals surface area contributed by atoms with Gasteiger partial charge in [0.25, 0.3) is 0 Å². The minimum absolute atomic E-state index is 0.405. The third-order valence-corrected chi connectivity index (χ3v) is 1.83. The highest BCUT2D eigenvalue weighted by Crippen LogP contribution is 2.12. The van der Waals surface area contributed by atoms with E-state index in [9.17, 15) is 0 Å². The maximum atomic E-state index is 5.60. The highest BCUT2D eigenvalue weighted by Gasteiger charge is 2.03. The van der Waals surface area contributed by atoms with Gasteiger partial charge in [0.1, 0.15) is 0 Å². The van der Waals surface area contributed by atoms with E-state index in [-0.39, 0.29) is 0 Å². The van der Waals surface area contributed by atoms with Crippen LogP contribution in [-0.4, -0.2) is 13.1 Å². The van der Waals surface area contributed by atoms with E-state index >= 15 is 0 Å². The van der Waals surface area contributed by atoms with E-state index in [1.807, 2.05) is 12.1 Å². The second-order valence-corrected chi connectivity index (χ2v) is 3.00. The summed E-state index contributed by atoms with van der Waals surface area (Å²) in [6.07, 6.45) is 10.4. The van der Waals surface area contributed by atoms with Crippen LogP contribution in [0.1, 0.15) is 0 Å². The molecular weight excluding hydrogens is 200 g/mol. The lowest BCUT2D eigenvalue weighted by Crippen LogP contribution is -2.48. The highest BCUT2D eigenvalue weighted by molar-refractivity contribution is 5.51. The molecule has 0 unspecified atom stereocenters. The predicted octanol–water partition coefficient (Wildman–Crippen LogP) is 0.351. The smallest absolute Gasteiger partial charge is 0.0774 e. The third-order valence-electron chi connectivity index (χ3n) is 1.83. The van der Waals surface area contributed by atoms with Gasteiger partial charge < -0.3 is 5.73 Å². The van der Waals surface area contributed by atoms with E-state index in [1.165, 1.54) is 0 Å². The fourth-order valence-corrected chi connectivity index (χ4v) is 1.11. The van der Waals surface area contributed by atoms with Crippen LogP contribution in [0.3, 0.4) is 0 Å². The van der Waals surface area contributed by atoms with Crippen molar-refractivity contribution in [3.8, 4) is 24.7 Å². The van der Waals surface area contributed by atoms with Gasteiger partial charge in [0, 0.05) is 5.69 Å². The van der Waals surface area contributed by atoms with Gasteiger partial charge in [-0.15, -0.1) is 12.8 Å². The molecule has 1 aromatic rings. The van der Waals surface area contributed by atoms with Crippen molar-refractivity contribution in [1.29, 1.82) is 0 Å². The molecule has 0 bridgehead atoms.